The largest absolute Gasteiger partial charge is 0.302 e. The molecule has 2 nitrogen and oxygen atoms in total. The molecular formula is C10H9BrO2. The van der Waals surface area contributed by atoms with E-state index < -0.39 is 5.92 Å². The predicted molar refractivity (Wildman–Crippen MR) is 53.6 cm³/mol. The van der Waals surface area contributed by atoms with Crippen LogP contribution in [0.15, 0.2) is 28.7 Å². The molecule has 0 amide bonds. The van der Waals surface area contributed by atoms with Crippen LogP contribution in [0.3, 0.4) is 0 Å². The molecule has 13 heavy (non-hydrogen) atoms. The molecule has 0 radical (unpaired) electrons. The summed E-state index contributed by atoms with van der Waals surface area (Å²) in [6.45, 7) is 1.42. The lowest BCUT2D eigenvalue weighted by molar-refractivity contribution is -0.122. The van der Waals surface area contributed by atoms with Crippen molar-refractivity contribution in [2.24, 2.45) is 0 Å². The first kappa shape index (κ1) is 10.1. The van der Waals surface area contributed by atoms with Crippen molar-refractivity contribution in [1.82, 2.24) is 0 Å². The summed E-state index contributed by atoms with van der Waals surface area (Å²) in [5.41, 5.74) is 0.741. The number of carbonyl (C=O) groups is 2. The van der Waals surface area contributed by atoms with Crippen molar-refractivity contribution in [1.29, 1.82) is 0 Å². The van der Waals surface area contributed by atoms with Gasteiger partial charge in [0.15, 0.2) is 0 Å². The molecule has 1 atom stereocenters. The number of rotatable bonds is 3. The number of carbonyl (C=O) groups excluding carboxylic acids is 2. The molecule has 0 aliphatic heterocycles. The minimum Gasteiger partial charge on any atom is -0.302 e. The van der Waals surface area contributed by atoms with Gasteiger partial charge < -0.3 is 4.79 Å². The molecule has 0 saturated carbocycles. The first-order valence-electron chi connectivity index (χ1n) is 3.86. The molecule has 3 heteroatoms. The summed E-state index contributed by atoms with van der Waals surface area (Å²) in [5, 5.41) is 0. The zero-order valence-electron chi connectivity index (χ0n) is 7.16. The summed E-state index contributed by atoms with van der Waals surface area (Å²) in [6.07, 6.45) is 0.672. The van der Waals surface area contributed by atoms with Gasteiger partial charge in [-0.25, -0.2) is 0 Å². The summed E-state index contributed by atoms with van der Waals surface area (Å²) in [7, 11) is 0. The first-order chi connectivity index (χ1) is 6.15. The number of aldehydes is 1. The average Bonchev–Trinajstić information content (AvgIpc) is 2.09. The van der Waals surface area contributed by atoms with Crippen LogP contribution in [-0.4, -0.2) is 12.1 Å². The van der Waals surface area contributed by atoms with Gasteiger partial charge in [0.2, 0.25) is 0 Å². The summed E-state index contributed by atoms with van der Waals surface area (Å²) in [6, 6.07) is 7.17. The molecule has 0 aromatic heterocycles. The molecule has 1 aromatic carbocycles. The molecule has 0 aliphatic carbocycles. The molecule has 0 aliphatic rings. The minimum atomic E-state index is -0.618. The van der Waals surface area contributed by atoms with Gasteiger partial charge in [-0.1, -0.05) is 28.1 Å². The van der Waals surface area contributed by atoms with Crippen LogP contribution >= 0.6 is 15.9 Å². The van der Waals surface area contributed by atoms with Gasteiger partial charge in [-0.2, -0.15) is 0 Å². The highest BCUT2D eigenvalue weighted by atomic mass is 79.9. The predicted octanol–water partition coefficient (Wildman–Crippen LogP) is 2.32. The van der Waals surface area contributed by atoms with Gasteiger partial charge in [-0.05, 0) is 24.6 Å². The van der Waals surface area contributed by atoms with E-state index in [9.17, 15) is 9.59 Å². The number of hydrogen-bond acceptors (Lipinski definition) is 2. The quantitative estimate of drug-likeness (QED) is 0.601. The maximum Gasteiger partial charge on any atom is 0.144 e. The van der Waals surface area contributed by atoms with Crippen molar-refractivity contribution < 1.29 is 9.59 Å². The molecule has 68 valence electrons. The molecule has 0 heterocycles. The van der Waals surface area contributed by atoms with E-state index in [4.69, 9.17) is 0 Å². The topological polar surface area (TPSA) is 34.1 Å². The van der Waals surface area contributed by atoms with E-state index in [2.05, 4.69) is 15.9 Å². The Bertz CT molecular complexity index is 316. The Morgan fingerprint density at radius 3 is 2.31 bits per heavy atom. The van der Waals surface area contributed by atoms with E-state index in [-0.39, 0.29) is 5.78 Å². The summed E-state index contributed by atoms with van der Waals surface area (Å²) >= 11 is 3.28. The lowest BCUT2D eigenvalue weighted by Gasteiger charge is -2.05. The number of Topliss-reactive ketones (excluding diaryl/α,β-unsaturated/α-hetero) is 1. The van der Waals surface area contributed by atoms with E-state index in [0.717, 1.165) is 10.0 Å². The summed E-state index contributed by atoms with van der Waals surface area (Å²) in [5.74, 6) is -0.745. The van der Waals surface area contributed by atoms with Crippen LogP contribution in [0, 0.1) is 0 Å². The van der Waals surface area contributed by atoms with E-state index in [0.29, 0.717) is 6.29 Å². The monoisotopic (exact) mass is 240 g/mol. The zero-order chi connectivity index (χ0) is 9.84. The third-order valence-corrected chi connectivity index (χ3v) is 2.33. The van der Waals surface area contributed by atoms with Crippen LogP contribution in [0.5, 0.6) is 0 Å². The van der Waals surface area contributed by atoms with Crippen molar-refractivity contribution in [3.63, 3.8) is 0 Å². The zero-order valence-corrected chi connectivity index (χ0v) is 8.74. The number of hydrogen-bond donors (Lipinski definition) is 0. The molecule has 0 bridgehead atoms. The Morgan fingerprint density at radius 2 is 1.92 bits per heavy atom. The van der Waals surface area contributed by atoms with Crippen LogP contribution in [0.4, 0.5) is 0 Å². The molecule has 0 N–H and O–H groups in total. The van der Waals surface area contributed by atoms with Crippen LogP contribution in [0.1, 0.15) is 18.4 Å². The summed E-state index contributed by atoms with van der Waals surface area (Å²) < 4.78 is 0.935. The Balaban J connectivity index is 2.99. The lowest BCUT2D eigenvalue weighted by Crippen LogP contribution is -2.09. The van der Waals surface area contributed by atoms with E-state index >= 15 is 0 Å². The minimum absolute atomic E-state index is 0.127. The van der Waals surface area contributed by atoms with Crippen molar-refractivity contribution in [2.75, 3.05) is 0 Å². The van der Waals surface area contributed by atoms with Gasteiger partial charge in [0, 0.05) is 4.47 Å². The van der Waals surface area contributed by atoms with Crippen LogP contribution in [0.25, 0.3) is 0 Å². The highest BCUT2D eigenvalue weighted by Gasteiger charge is 2.14. The second kappa shape index (κ2) is 4.33. The van der Waals surface area contributed by atoms with Crippen molar-refractivity contribution >= 4 is 28.0 Å². The SMILES string of the molecule is CC(=O)C(C=O)c1ccc(Br)cc1. The maximum atomic E-state index is 11.0. The van der Waals surface area contributed by atoms with Crippen molar-refractivity contribution in [3.8, 4) is 0 Å². The average molecular weight is 241 g/mol. The molecule has 0 spiro atoms. The number of halogens is 1. The van der Waals surface area contributed by atoms with Crippen LogP contribution in [-0.2, 0) is 9.59 Å². The fourth-order valence-corrected chi connectivity index (χ4v) is 1.34. The maximum absolute atomic E-state index is 11.0. The van der Waals surface area contributed by atoms with Gasteiger partial charge in [-0.15, -0.1) is 0 Å². The van der Waals surface area contributed by atoms with E-state index in [1.54, 1.807) is 12.1 Å². The van der Waals surface area contributed by atoms with Crippen molar-refractivity contribution in [2.45, 2.75) is 12.8 Å². The first-order valence-corrected chi connectivity index (χ1v) is 4.65. The molecule has 1 rings (SSSR count). The third-order valence-electron chi connectivity index (χ3n) is 1.80. The van der Waals surface area contributed by atoms with Gasteiger partial charge in [-0.3, -0.25) is 4.79 Å². The smallest absolute Gasteiger partial charge is 0.144 e. The third kappa shape index (κ3) is 2.49. The highest BCUT2D eigenvalue weighted by molar-refractivity contribution is 9.10. The number of ketones is 1. The van der Waals surface area contributed by atoms with E-state index in [1.165, 1.54) is 6.92 Å². The number of benzene rings is 1. The molecule has 1 unspecified atom stereocenters. The fraction of sp³-hybridized carbons (Fsp3) is 0.200. The Hall–Kier alpha value is -0.960. The lowest BCUT2D eigenvalue weighted by atomic mass is 9.97. The fourth-order valence-electron chi connectivity index (χ4n) is 1.08. The second-order valence-electron chi connectivity index (χ2n) is 2.78. The molecule has 0 saturated heterocycles. The van der Waals surface area contributed by atoms with Crippen LogP contribution in [0.2, 0.25) is 0 Å². The van der Waals surface area contributed by atoms with Crippen LogP contribution < -0.4 is 0 Å². The Labute approximate surface area is 85.1 Å². The van der Waals surface area contributed by atoms with Gasteiger partial charge >= 0.3 is 0 Å². The molecule has 0 fully saturated rings. The second-order valence-corrected chi connectivity index (χ2v) is 3.69. The van der Waals surface area contributed by atoms with Gasteiger partial charge in [0.25, 0.3) is 0 Å². The highest BCUT2D eigenvalue weighted by Crippen LogP contribution is 2.17. The molecule has 1 aromatic rings. The van der Waals surface area contributed by atoms with Gasteiger partial charge in [0.05, 0.1) is 5.92 Å². The normalized spacial score (nSPS) is 12.2. The van der Waals surface area contributed by atoms with Crippen molar-refractivity contribution in [3.05, 3.63) is 34.3 Å². The standard InChI is InChI=1S/C10H9BrO2/c1-7(13)10(6-12)8-2-4-9(11)5-3-8/h2-6,10H,1H3. The summed E-state index contributed by atoms with van der Waals surface area (Å²) in [4.78, 5) is 21.6. The van der Waals surface area contributed by atoms with E-state index in [1.807, 2.05) is 12.1 Å². The Morgan fingerprint density at radius 1 is 1.38 bits per heavy atom. The van der Waals surface area contributed by atoms with Gasteiger partial charge in [0.1, 0.15) is 12.1 Å². The Kier molecular flexibility index (Phi) is 3.37. The molecular weight excluding hydrogens is 232 g/mol.